The minimum Gasteiger partial charge on any atom is -0.480 e. The highest BCUT2D eigenvalue weighted by atomic mass is 16.4. The summed E-state index contributed by atoms with van der Waals surface area (Å²) in [6, 6.07) is 7.13. The Morgan fingerprint density at radius 1 is 1.20 bits per heavy atom. The Bertz CT molecular complexity index is 490. The van der Waals surface area contributed by atoms with Crippen LogP contribution >= 0.6 is 0 Å². The zero-order chi connectivity index (χ0) is 14.6. The third-order valence-corrected chi connectivity index (χ3v) is 3.87. The molecule has 20 heavy (non-hydrogen) atoms. The first-order valence-corrected chi connectivity index (χ1v) is 6.92. The molecule has 1 aromatic carbocycles. The Morgan fingerprint density at radius 2 is 1.80 bits per heavy atom. The van der Waals surface area contributed by atoms with Crippen molar-refractivity contribution in [2.75, 3.05) is 6.54 Å². The number of benzene rings is 1. The lowest BCUT2D eigenvalue weighted by Gasteiger charge is -2.25. The van der Waals surface area contributed by atoms with Gasteiger partial charge in [0.05, 0.1) is 0 Å². The highest BCUT2D eigenvalue weighted by Crippen LogP contribution is 2.30. The molecule has 0 aliphatic heterocycles. The summed E-state index contributed by atoms with van der Waals surface area (Å²) in [5, 5.41) is 12.0. The summed E-state index contributed by atoms with van der Waals surface area (Å²) in [6.45, 7) is 0.563. The molecular formula is C15H20N2O3. The van der Waals surface area contributed by atoms with Crippen LogP contribution in [0.4, 0.5) is 0 Å². The third-order valence-electron chi connectivity index (χ3n) is 3.87. The first kappa shape index (κ1) is 14.5. The van der Waals surface area contributed by atoms with Gasteiger partial charge in [-0.1, -0.05) is 25.0 Å². The van der Waals surface area contributed by atoms with Crippen molar-refractivity contribution in [1.29, 1.82) is 0 Å². The van der Waals surface area contributed by atoms with Gasteiger partial charge in [-0.05, 0) is 43.5 Å². The largest absolute Gasteiger partial charge is 0.480 e. The number of amides is 1. The predicted molar refractivity (Wildman–Crippen MR) is 75.5 cm³/mol. The summed E-state index contributed by atoms with van der Waals surface area (Å²) in [7, 11) is 0. The van der Waals surface area contributed by atoms with Gasteiger partial charge in [-0.3, -0.25) is 4.79 Å². The molecule has 1 aliphatic carbocycles. The quantitative estimate of drug-likeness (QED) is 0.756. The van der Waals surface area contributed by atoms with Crippen LogP contribution in [0.15, 0.2) is 24.3 Å². The molecule has 0 spiro atoms. The van der Waals surface area contributed by atoms with Crippen LogP contribution in [0.2, 0.25) is 0 Å². The molecule has 4 N–H and O–H groups in total. The maximum Gasteiger partial charge on any atom is 0.329 e. The van der Waals surface area contributed by atoms with E-state index in [-0.39, 0.29) is 5.91 Å². The van der Waals surface area contributed by atoms with Crippen molar-refractivity contribution in [3.8, 4) is 0 Å². The lowest BCUT2D eigenvalue weighted by molar-refractivity contribution is -0.144. The van der Waals surface area contributed by atoms with Crippen LogP contribution < -0.4 is 11.1 Å². The lowest BCUT2D eigenvalue weighted by atomic mass is 9.97. The minimum atomic E-state index is -1.09. The number of carbonyl (C=O) groups excluding carboxylic acids is 1. The number of nitrogens with one attached hydrogen (secondary N) is 1. The van der Waals surface area contributed by atoms with Gasteiger partial charge in [0.1, 0.15) is 5.54 Å². The maximum absolute atomic E-state index is 12.2. The summed E-state index contributed by atoms with van der Waals surface area (Å²) >= 11 is 0. The van der Waals surface area contributed by atoms with E-state index in [1.165, 1.54) is 0 Å². The molecule has 1 amide bonds. The summed E-state index contributed by atoms with van der Waals surface area (Å²) in [5.74, 6) is -1.27. The molecule has 0 unspecified atom stereocenters. The molecule has 1 aromatic rings. The number of carboxylic acids is 1. The first-order valence-electron chi connectivity index (χ1n) is 6.92. The molecule has 0 bridgehead atoms. The molecule has 1 saturated carbocycles. The van der Waals surface area contributed by atoms with Crippen LogP contribution in [0.5, 0.6) is 0 Å². The van der Waals surface area contributed by atoms with Crippen molar-refractivity contribution in [2.45, 2.75) is 37.6 Å². The smallest absolute Gasteiger partial charge is 0.329 e. The van der Waals surface area contributed by atoms with Crippen molar-refractivity contribution < 1.29 is 14.7 Å². The number of aliphatic carboxylic acids is 1. The molecule has 2 rings (SSSR count). The lowest BCUT2D eigenvalue weighted by Crippen LogP contribution is -2.52. The van der Waals surface area contributed by atoms with Crippen LogP contribution in [-0.4, -0.2) is 29.1 Å². The van der Waals surface area contributed by atoms with E-state index < -0.39 is 11.5 Å². The molecular weight excluding hydrogens is 256 g/mol. The summed E-state index contributed by atoms with van der Waals surface area (Å²) in [6.07, 6.45) is 3.43. The van der Waals surface area contributed by atoms with Crippen LogP contribution in [0.3, 0.4) is 0 Å². The minimum absolute atomic E-state index is 0.325. The summed E-state index contributed by atoms with van der Waals surface area (Å²) < 4.78 is 0. The van der Waals surface area contributed by atoms with Crippen LogP contribution in [-0.2, 0) is 11.2 Å². The Labute approximate surface area is 118 Å². The fourth-order valence-electron chi connectivity index (χ4n) is 2.65. The molecule has 1 fully saturated rings. The third kappa shape index (κ3) is 2.99. The van der Waals surface area contributed by atoms with E-state index in [4.69, 9.17) is 5.73 Å². The fraction of sp³-hybridized carbons (Fsp3) is 0.467. The fourth-order valence-corrected chi connectivity index (χ4v) is 2.65. The Balaban J connectivity index is 2.09. The van der Waals surface area contributed by atoms with Gasteiger partial charge in [0.2, 0.25) is 0 Å². The monoisotopic (exact) mass is 276 g/mol. The number of rotatable bonds is 5. The highest BCUT2D eigenvalue weighted by molar-refractivity contribution is 5.98. The van der Waals surface area contributed by atoms with E-state index in [1.54, 1.807) is 12.1 Å². The Morgan fingerprint density at radius 3 is 2.30 bits per heavy atom. The topological polar surface area (TPSA) is 92.4 Å². The van der Waals surface area contributed by atoms with Gasteiger partial charge >= 0.3 is 5.97 Å². The van der Waals surface area contributed by atoms with E-state index in [0.29, 0.717) is 24.9 Å². The van der Waals surface area contributed by atoms with Gasteiger partial charge in [0, 0.05) is 5.56 Å². The zero-order valence-electron chi connectivity index (χ0n) is 11.4. The number of nitrogens with two attached hydrogens (primary N) is 1. The average Bonchev–Trinajstić information content (AvgIpc) is 2.90. The molecule has 0 saturated heterocycles. The second-order valence-electron chi connectivity index (χ2n) is 5.28. The molecule has 0 radical (unpaired) electrons. The maximum atomic E-state index is 12.2. The standard InChI is InChI=1S/C15H20N2O3/c16-10-7-11-3-5-12(6-4-11)13(18)17-15(14(19)20)8-1-2-9-15/h3-6H,1-2,7-10,16H2,(H,17,18)(H,19,20). The van der Waals surface area contributed by atoms with Crippen molar-refractivity contribution in [3.05, 3.63) is 35.4 Å². The number of hydrogen-bond donors (Lipinski definition) is 3. The van der Waals surface area contributed by atoms with Gasteiger partial charge in [-0.15, -0.1) is 0 Å². The van der Waals surface area contributed by atoms with E-state index in [0.717, 1.165) is 24.8 Å². The molecule has 0 heterocycles. The van der Waals surface area contributed by atoms with Crippen LogP contribution in [0, 0.1) is 0 Å². The van der Waals surface area contributed by atoms with Gasteiger partial charge in [0.25, 0.3) is 5.91 Å². The van der Waals surface area contributed by atoms with Crippen molar-refractivity contribution in [2.24, 2.45) is 5.73 Å². The predicted octanol–water partition coefficient (Wildman–Crippen LogP) is 1.31. The second kappa shape index (κ2) is 6.05. The van der Waals surface area contributed by atoms with Crippen molar-refractivity contribution >= 4 is 11.9 Å². The van der Waals surface area contributed by atoms with Crippen molar-refractivity contribution in [3.63, 3.8) is 0 Å². The van der Waals surface area contributed by atoms with Gasteiger partial charge in [-0.25, -0.2) is 4.79 Å². The molecule has 108 valence electrons. The normalized spacial score (nSPS) is 16.9. The number of carbonyl (C=O) groups is 2. The number of hydrogen-bond acceptors (Lipinski definition) is 3. The molecule has 5 heteroatoms. The van der Waals surface area contributed by atoms with Crippen LogP contribution in [0.1, 0.15) is 41.6 Å². The number of carboxylic acid groups (broad SMARTS) is 1. The van der Waals surface area contributed by atoms with E-state index >= 15 is 0 Å². The van der Waals surface area contributed by atoms with E-state index in [1.807, 2.05) is 12.1 Å². The molecule has 5 nitrogen and oxygen atoms in total. The first-order chi connectivity index (χ1) is 9.57. The Hall–Kier alpha value is -1.88. The average molecular weight is 276 g/mol. The summed E-state index contributed by atoms with van der Waals surface area (Å²) in [4.78, 5) is 23.6. The van der Waals surface area contributed by atoms with Gasteiger partial charge in [0.15, 0.2) is 0 Å². The van der Waals surface area contributed by atoms with E-state index in [9.17, 15) is 14.7 Å². The summed E-state index contributed by atoms with van der Waals surface area (Å²) in [5.41, 5.74) is 5.94. The van der Waals surface area contributed by atoms with Gasteiger partial charge in [-0.2, -0.15) is 0 Å². The molecule has 0 atom stereocenters. The molecule has 0 aromatic heterocycles. The van der Waals surface area contributed by atoms with Gasteiger partial charge < -0.3 is 16.2 Å². The second-order valence-corrected chi connectivity index (χ2v) is 5.28. The SMILES string of the molecule is NCCc1ccc(C(=O)NC2(C(=O)O)CCCC2)cc1. The highest BCUT2D eigenvalue weighted by Gasteiger charge is 2.42. The zero-order valence-corrected chi connectivity index (χ0v) is 11.4. The van der Waals surface area contributed by atoms with E-state index in [2.05, 4.69) is 5.32 Å². The van der Waals surface area contributed by atoms with Crippen molar-refractivity contribution in [1.82, 2.24) is 5.32 Å². The Kier molecular flexibility index (Phi) is 4.39. The molecule has 1 aliphatic rings. The van der Waals surface area contributed by atoms with Crippen LogP contribution in [0.25, 0.3) is 0 Å².